The van der Waals surface area contributed by atoms with Gasteiger partial charge >= 0.3 is 5.97 Å². The van der Waals surface area contributed by atoms with Crippen LogP contribution in [0.1, 0.15) is 31.0 Å². The quantitative estimate of drug-likeness (QED) is 0.250. The Balaban J connectivity index is 1.36. The summed E-state index contributed by atoms with van der Waals surface area (Å²) in [4.78, 5) is 31.9. The van der Waals surface area contributed by atoms with Crippen LogP contribution in [0.4, 0.5) is 5.69 Å². The monoisotopic (exact) mass is 562 g/mol. The predicted molar refractivity (Wildman–Crippen MR) is 158 cm³/mol. The highest BCUT2D eigenvalue weighted by molar-refractivity contribution is 7.07. The molecule has 5 aromatic rings. The zero-order valence-electron chi connectivity index (χ0n) is 22.4. The van der Waals surface area contributed by atoms with Gasteiger partial charge in [-0.15, -0.1) is 5.10 Å². The summed E-state index contributed by atoms with van der Waals surface area (Å²) in [5.41, 5.74) is 11.3. The van der Waals surface area contributed by atoms with E-state index in [4.69, 9.17) is 10.5 Å². The number of anilines is 1. The number of thiazole rings is 1. The van der Waals surface area contributed by atoms with E-state index in [0.717, 1.165) is 22.4 Å². The summed E-state index contributed by atoms with van der Waals surface area (Å²) >= 11 is 1.29. The van der Waals surface area contributed by atoms with E-state index in [-0.39, 0.29) is 12.2 Å². The molecule has 2 N–H and O–H groups in total. The topological polar surface area (TPSA) is 117 Å². The molecular formula is C31H26N6O3S. The largest absolute Gasteiger partial charge is 0.463 e. The highest BCUT2D eigenvalue weighted by Gasteiger charge is 2.33. The van der Waals surface area contributed by atoms with E-state index >= 15 is 0 Å². The number of hydrogen-bond donors (Lipinski definition) is 1. The van der Waals surface area contributed by atoms with E-state index in [9.17, 15) is 9.59 Å². The Morgan fingerprint density at radius 3 is 2.59 bits per heavy atom. The van der Waals surface area contributed by atoms with Crippen LogP contribution < -0.4 is 20.6 Å². The lowest BCUT2D eigenvalue weighted by Crippen LogP contribution is -2.39. The lowest BCUT2D eigenvalue weighted by atomic mass is 9.96. The number of hydrogen-bond acceptors (Lipinski definition) is 8. The first-order chi connectivity index (χ1) is 19.9. The minimum atomic E-state index is -0.627. The minimum Gasteiger partial charge on any atom is -0.463 e. The van der Waals surface area contributed by atoms with Crippen molar-refractivity contribution in [2.24, 2.45) is 4.99 Å². The first kappa shape index (κ1) is 26.1. The maximum atomic E-state index is 13.8. The number of nitrogens with zero attached hydrogens (tertiary/aromatic N) is 5. The molecule has 1 aliphatic heterocycles. The van der Waals surface area contributed by atoms with Crippen molar-refractivity contribution in [3.63, 3.8) is 0 Å². The molecule has 0 radical (unpaired) electrons. The van der Waals surface area contributed by atoms with E-state index in [1.165, 1.54) is 11.3 Å². The summed E-state index contributed by atoms with van der Waals surface area (Å²) in [5.74, 6) is -0.473. The molecule has 41 heavy (non-hydrogen) atoms. The Morgan fingerprint density at radius 2 is 1.85 bits per heavy atom. The first-order valence-electron chi connectivity index (χ1n) is 13.1. The zero-order chi connectivity index (χ0) is 28.5. The average molecular weight is 563 g/mol. The van der Waals surface area contributed by atoms with E-state index < -0.39 is 12.0 Å². The van der Waals surface area contributed by atoms with Crippen molar-refractivity contribution in [1.29, 1.82) is 0 Å². The van der Waals surface area contributed by atoms with Crippen LogP contribution in [-0.2, 0) is 9.53 Å². The van der Waals surface area contributed by atoms with Crippen molar-refractivity contribution in [2.75, 3.05) is 12.3 Å². The molecule has 3 aromatic carbocycles. The van der Waals surface area contributed by atoms with Crippen LogP contribution in [0.5, 0.6) is 0 Å². The van der Waals surface area contributed by atoms with E-state index in [0.29, 0.717) is 32.0 Å². The van der Waals surface area contributed by atoms with Gasteiger partial charge in [0.25, 0.3) is 5.56 Å². The number of nitrogen functional groups attached to an aromatic ring is 1. The van der Waals surface area contributed by atoms with Gasteiger partial charge in [-0.05, 0) is 55.3 Å². The number of benzene rings is 3. The highest BCUT2D eigenvalue weighted by Crippen LogP contribution is 2.30. The number of carbonyl (C=O) groups is 1. The summed E-state index contributed by atoms with van der Waals surface area (Å²) in [7, 11) is 0. The van der Waals surface area contributed by atoms with Crippen LogP contribution in [0.2, 0.25) is 0 Å². The third-order valence-electron chi connectivity index (χ3n) is 6.76. The number of carbonyl (C=O) groups excluding carboxylic acids is 1. The van der Waals surface area contributed by atoms with Gasteiger partial charge in [0.15, 0.2) is 4.80 Å². The maximum absolute atomic E-state index is 13.8. The van der Waals surface area contributed by atoms with E-state index in [1.807, 2.05) is 91.1 Å². The molecule has 1 aliphatic rings. The molecule has 0 aliphatic carbocycles. The van der Waals surface area contributed by atoms with Gasteiger partial charge in [-0.1, -0.05) is 71.1 Å². The molecular weight excluding hydrogens is 536 g/mol. The van der Waals surface area contributed by atoms with Gasteiger partial charge in [-0.2, -0.15) is 0 Å². The molecule has 0 bridgehead atoms. The molecule has 2 aromatic heterocycles. The van der Waals surface area contributed by atoms with Crippen molar-refractivity contribution in [3.8, 4) is 16.9 Å². The molecule has 0 fully saturated rings. The smallest absolute Gasteiger partial charge is 0.338 e. The standard InChI is InChI=1S/C31H26N6O3S/c1-3-40-30(39)27-19(2)33-31-37(28(27)21-8-5-4-6-9-21)29(38)26(41-31)16-20-12-14-24(15-13-20)36-18-25(34-35-36)22-10-7-11-23(32)17-22/h4-18,28H,3,32H2,1-2H3/b26-16-. The second kappa shape index (κ2) is 10.8. The number of esters is 1. The fraction of sp³-hybridized carbons (Fsp3) is 0.129. The van der Waals surface area contributed by atoms with Crippen LogP contribution in [-0.4, -0.2) is 32.1 Å². The summed E-state index contributed by atoms with van der Waals surface area (Å²) in [5, 5.41) is 8.52. The van der Waals surface area contributed by atoms with Gasteiger partial charge in [0, 0.05) is 11.3 Å². The summed E-state index contributed by atoms with van der Waals surface area (Å²) in [6.07, 6.45) is 3.67. The number of rotatable bonds is 6. The second-order valence-corrected chi connectivity index (χ2v) is 10.5. The van der Waals surface area contributed by atoms with Crippen molar-refractivity contribution in [2.45, 2.75) is 19.9 Å². The third-order valence-corrected chi connectivity index (χ3v) is 7.75. The lowest BCUT2D eigenvalue weighted by Gasteiger charge is -2.24. The molecule has 6 rings (SSSR count). The van der Waals surface area contributed by atoms with Gasteiger partial charge in [-0.3, -0.25) is 9.36 Å². The SMILES string of the molecule is CCOC(=O)C1=C(C)N=c2s/c(=C\c3ccc(-n4cc(-c5cccc(N)c5)nn4)cc3)c(=O)n2C1c1ccccc1. The van der Waals surface area contributed by atoms with Crippen molar-refractivity contribution >= 4 is 29.1 Å². The highest BCUT2D eigenvalue weighted by atomic mass is 32.1. The summed E-state index contributed by atoms with van der Waals surface area (Å²) < 4.78 is 9.14. The van der Waals surface area contributed by atoms with Crippen LogP contribution in [0.3, 0.4) is 0 Å². The van der Waals surface area contributed by atoms with Crippen LogP contribution in [0.25, 0.3) is 23.0 Å². The Bertz CT molecular complexity index is 1970. The van der Waals surface area contributed by atoms with Crippen LogP contribution in [0.15, 0.2) is 106 Å². The molecule has 1 atom stereocenters. The Morgan fingerprint density at radius 1 is 1.07 bits per heavy atom. The van der Waals surface area contributed by atoms with Gasteiger partial charge < -0.3 is 10.5 Å². The van der Waals surface area contributed by atoms with E-state index in [2.05, 4.69) is 15.3 Å². The Hall–Kier alpha value is -5.09. The van der Waals surface area contributed by atoms with Gasteiger partial charge in [0.2, 0.25) is 0 Å². The molecule has 1 unspecified atom stereocenters. The van der Waals surface area contributed by atoms with Crippen LogP contribution in [0, 0.1) is 0 Å². The number of fused-ring (bicyclic) bond motifs is 1. The molecule has 9 nitrogen and oxygen atoms in total. The van der Waals surface area contributed by atoms with Crippen molar-refractivity contribution < 1.29 is 9.53 Å². The molecule has 0 saturated carbocycles. The Labute approximate surface area is 239 Å². The summed E-state index contributed by atoms with van der Waals surface area (Å²) in [6, 6.07) is 24.0. The fourth-order valence-electron chi connectivity index (χ4n) is 4.84. The predicted octanol–water partition coefficient (Wildman–Crippen LogP) is 3.63. The van der Waals surface area contributed by atoms with Gasteiger partial charge in [0.05, 0.1) is 40.3 Å². The zero-order valence-corrected chi connectivity index (χ0v) is 23.2. The van der Waals surface area contributed by atoms with E-state index in [1.54, 1.807) is 23.1 Å². The molecule has 0 amide bonds. The molecule has 204 valence electrons. The second-order valence-electron chi connectivity index (χ2n) is 9.48. The summed E-state index contributed by atoms with van der Waals surface area (Å²) in [6.45, 7) is 3.77. The van der Waals surface area contributed by atoms with Gasteiger partial charge in [0.1, 0.15) is 5.69 Å². The molecule has 0 spiro atoms. The molecule has 10 heteroatoms. The number of nitrogens with two attached hydrogens (primary N) is 1. The minimum absolute atomic E-state index is 0.218. The van der Waals surface area contributed by atoms with Crippen molar-refractivity contribution in [1.82, 2.24) is 19.6 Å². The Kier molecular flexibility index (Phi) is 6.90. The molecule has 3 heterocycles. The van der Waals surface area contributed by atoms with Crippen LogP contribution >= 0.6 is 11.3 Å². The van der Waals surface area contributed by atoms with Crippen molar-refractivity contribution in [3.05, 3.63) is 127 Å². The van der Waals surface area contributed by atoms with Gasteiger partial charge in [-0.25, -0.2) is 14.5 Å². The maximum Gasteiger partial charge on any atom is 0.338 e. The normalized spacial score (nSPS) is 15.0. The molecule has 0 saturated heterocycles. The lowest BCUT2D eigenvalue weighted by molar-refractivity contribution is -0.139. The number of ether oxygens (including phenoxy) is 1. The average Bonchev–Trinajstić information content (AvgIpc) is 3.58. The third kappa shape index (κ3) is 5.01. The number of aromatic nitrogens is 4. The first-order valence-corrected chi connectivity index (χ1v) is 13.9. The number of allylic oxidation sites excluding steroid dienone is 1. The fourth-order valence-corrected chi connectivity index (χ4v) is 5.88.